The van der Waals surface area contributed by atoms with Gasteiger partial charge in [-0.2, -0.15) is 0 Å². The SMILES string of the molecule is COC[C@]1(C)Nc2c(cnc3[nH]cc(C(O)c4ccccc4Cl)c23)NC1=S. The molecule has 0 fully saturated rings. The first-order chi connectivity index (χ1) is 12.9. The van der Waals surface area contributed by atoms with Crippen molar-refractivity contribution in [3.8, 4) is 0 Å². The van der Waals surface area contributed by atoms with Crippen molar-refractivity contribution in [3.05, 3.63) is 52.8 Å². The number of aliphatic hydroxyl groups is 1. The Hall–Kier alpha value is -2.19. The molecule has 1 aliphatic rings. The topological polar surface area (TPSA) is 82.2 Å². The first-order valence-corrected chi connectivity index (χ1v) is 9.24. The molecule has 2 aromatic heterocycles. The highest BCUT2D eigenvalue weighted by atomic mass is 35.5. The number of ether oxygens (including phenoxy) is 1. The number of hydrogen-bond donors (Lipinski definition) is 4. The molecular weight excluding hydrogens is 384 g/mol. The number of thiocarbonyl (C=S) groups is 1. The van der Waals surface area contributed by atoms with Crippen LogP contribution < -0.4 is 10.6 Å². The molecule has 0 saturated carbocycles. The van der Waals surface area contributed by atoms with Crippen molar-refractivity contribution in [1.82, 2.24) is 9.97 Å². The molecule has 0 radical (unpaired) electrons. The number of halogens is 1. The summed E-state index contributed by atoms with van der Waals surface area (Å²) in [4.78, 5) is 8.21. The molecule has 0 aliphatic carbocycles. The summed E-state index contributed by atoms with van der Waals surface area (Å²) >= 11 is 11.8. The molecule has 27 heavy (non-hydrogen) atoms. The third-order valence-electron chi connectivity index (χ3n) is 4.81. The predicted octanol–water partition coefficient (Wildman–Crippen LogP) is 3.87. The minimum atomic E-state index is -0.898. The quantitative estimate of drug-likeness (QED) is 0.496. The Labute approximate surface area is 166 Å². The number of aromatic nitrogens is 2. The summed E-state index contributed by atoms with van der Waals surface area (Å²) in [6.07, 6.45) is 2.57. The predicted molar refractivity (Wildman–Crippen MR) is 112 cm³/mol. The number of anilines is 2. The summed E-state index contributed by atoms with van der Waals surface area (Å²) in [5.74, 6) is 0. The van der Waals surface area contributed by atoms with Crippen molar-refractivity contribution in [1.29, 1.82) is 0 Å². The van der Waals surface area contributed by atoms with Crippen LogP contribution in [0.4, 0.5) is 11.4 Å². The second-order valence-electron chi connectivity index (χ2n) is 6.78. The van der Waals surface area contributed by atoms with Gasteiger partial charge in [0.15, 0.2) is 0 Å². The first kappa shape index (κ1) is 18.2. The van der Waals surface area contributed by atoms with Crippen molar-refractivity contribution in [2.24, 2.45) is 0 Å². The zero-order valence-corrected chi connectivity index (χ0v) is 16.4. The van der Waals surface area contributed by atoms with Gasteiger partial charge in [0.2, 0.25) is 0 Å². The Balaban J connectivity index is 1.87. The van der Waals surface area contributed by atoms with E-state index in [0.717, 1.165) is 16.8 Å². The number of methoxy groups -OCH3 is 1. The molecule has 4 N–H and O–H groups in total. The lowest BCUT2D eigenvalue weighted by molar-refractivity contribution is 0.175. The zero-order chi connectivity index (χ0) is 19.2. The van der Waals surface area contributed by atoms with Crippen molar-refractivity contribution in [2.45, 2.75) is 18.6 Å². The summed E-state index contributed by atoms with van der Waals surface area (Å²) in [6.45, 7) is 2.37. The summed E-state index contributed by atoms with van der Waals surface area (Å²) in [5, 5.41) is 19.0. The maximum Gasteiger partial charge on any atom is 0.139 e. The highest BCUT2D eigenvalue weighted by Crippen LogP contribution is 2.41. The van der Waals surface area contributed by atoms with E-state index in [9.17, 15) is 5.11 Å². The summed E-state index contributed by atoms with van der Waals surface area (Å²) in [6, 6.07) is 7.25. The number of benzene rings is 1. The van der Waals surface area contributed by atoms with E-state index in [4.69, 9.17) is 28.6 Å². The molecule has 1 aromatic carbocycles. The number of rotatable bonds is 4. The Bertz CT molecular complexity index is 1040. The molecule has 4 rings (SSSR count). The van der Waals surface area contributed by atoms with Gasteiger partial charge in [-0.1, -0.05) is 42.0 Å². The van der Waals surface area contributed by atoms with Crippen LogP contribution >= 0.6 is 23.8 Å². The Morgan fingerprint density at radius 1 is 1.33 bits per heavy atom. The van der Waals surface area contributed by atoms with Gasteiger partial charge < -0.3 is 25.5 Å². The fourth-order valence-electron chi connectivity index (χ4n) is 3.41. The zero-order valence-electron chi connectivity index (χ0n) is 14.8. The number of H-pyrrole nitrogens is 1. The van der Waals surface area contributed by atoms with Gasteiger partial charge in [0.25, 0.3) is 0 Å². The molecule has 3 aromatic rings. The smallest absolute Gasteiger partial charge is 0.139 e. The van der Waals surface area contributed by atoms with Gasteiger partial charge in [0.05, 0.1) is 29.6 Å². The minimum Gasteiger partial charge on any atom is -0.384 e. The van der Waals surface area contributed by atoms with Crippen molar-refractivity contribution < 1.29 is 9.84 Å². The van der Waals surface area contributed by atoms with Crippen LogP contribution in [0.2, 0.25) is 5.02 Å². The fraction of sp³-hybridized carbons (Fsp3) is 0.263. The number of fused-ring (bicyclic) bond motifs is 3. The van der Waals surface area contributed by atoms with Gasteiger partial charge in [0, 0.05) is 29.5 Å². The molecular formula is C19H19ClN4O2S. The number of nitrogens with one attached hydrogen (secondary N) is 3. The largest absolute Gasteiger partial charge is 0.384 e. The standard InChI is InChI=1S/C19H19ClN4O2S/c1-19(9-26-2)18(27)23-13-8-22-17-14(15(13)24-19)11(7-21-17)16(25)10-5-3-4-6-12(10)20/h3-8,16,24-25H,9H2,1-2H3,(H,21,22)(H,23,27)/t16?,19-/m0/s1. The molecule has 2 atom stereocenters. The van der Waals surface area contributed by atoms with Gasteiger partial charge in [-0.3, -0.25) is 0 Å². The van der Waals surface area contributed by atoms with Crippen LogP contribution in [0.1, 0.15) is 24.2 Å². The first-order valence-electron chi connectivity index (χ1n) is 8.45. The number of hydrogen-bond acceptors (Lipinski definition) is 5. The van der Waals surface area contributed by atoms with Gasteiger partial charge in [-0.05, 0) is 13.0 Å². The van der Waals surface area contributed by atoms with E-state index in [1.165, 1.54) is 0 Å². The molecule has 0 bridgehead atoms. The van der Waals surface area contributed by atoms with Crippen LogP contribution in [-0.2, 0) is 4.74 Å². The average Bonchev–Trinajstić information content (AvgIpc) is 3.07. The van der Waals surface area contributed by atoms with Gasteiger partial charge in [0.1, 0.15) is 22.3 Å². The van der Waals surface area contributed by atoms with E-state index in [1.54, 1.807) is 25.6 Å². The number of pyridine rings is 1. The summed E-state index contributed by atoms with van der Waals surface area (Å²) in [7, 11) is 1.63. The molecule has 140 valence electrons. The van der Waals surface area contributed by atoms with E-state index in [-0.39, 0.29) is 0 Å². The Morgan fingerprint density at radius 3 is 2.85 bits per heavy atom. The van der Waals surface area contributed by atoms with Crippen LogP contribution in [0.15, 0.2) is 36.7 Å². The van der Waals surface area contributed by atoms with E-state index in [0.29, 0.717) is 33.4 Å². The van der Waals surface area contributed by atoms with Crippen LogP contribution in [0, 0.1) is 0 Å². The van der Waals surface area contributed by atoms with E-state index in [1.807, 2.05) is 25.1 Å². The van der Waals surface area contributed by atoms with Gasteiger partial charge in [-0.25, -0.2) is 4.98 Å². The maximum atomic E-state index is 11.0. The minimum absolute atomic E-state index is 0.398. The Morgan fingerprint density at radius 2 is 2.11 bits per heavy atom. The molecule has 6 nitrogen and oxygen atoms in total. The monoisotopic (exact) mass is 402 g/mol. The molecule has 0 spiro atoms. The third-order valence-corrected chi connectivity index (χ3v) is 5.71. The van der Waals surface area contributed by atoms with Gasteiger partial charge >= 0.3 is 0 Å². The van der Waals surface area contributed by atoms with Crippen molar-refractivity contribution in [2.75, 3.05) is 24.4 Å². The lowest BCUT2D eigenvalue weighted by Gasteiger charge is -2.38. The second kappa shape index (κ2) is 6.76. The van der Waals surface area contributed by atoms with E-state index in [2.05, 4.69) is 20.6 Å². The van der Waals surface area contributed by atoms with Crippen LogP contribution in [0.5, 0.6) is 0 Å². The maximum absolute atomic E-state index is 11.0. The normalized spacial score (nSPS) is 20.1. The van der Waals surface area contributed by atoms with E-state index < -0.39 is 11.6 Å². The average molecular weight is 403 g/mol. The molecule has 0 amide bonds. The third kappa shape index (κ3) is 2.96. The molecule has 0 saturated heterocycles. The van der Waals surface area contributed by atoms with Crippen molar-refractivity contribution >= 4 is 51.2 Å². The highest BCUT2D eigenvalue weighted by molar-refractivity contribution is 7.80. The summed E-state index contributed by atoms with van der Waals surface area (Å²) < 4.78 is 5.35. The van der Waals surface area contributed by atoms with E-state index >= 15 is 0 Å². The molecule has 1 unspecified atom stereocenters. The molecule has 3 heterocycles. The highest BCUT2D eigenvalue weighted by Gasteiger charge is 2.36. The van der Waals surface area contributed by atoms with Gasteiger partial charge in [-0.15, -0.1) is 0 Å². The number of aliphatic hydroxyl groups excluding tert-OH is 1. The van der Waals surface area contributed by atoms with Crippen LogP contribution in [0.25, 0.3) is 11.0 Å². The van der Waals surface area contributed by atoms with Crippen molar-refractivity contribution in [3.63, 3.8) is 0 Å². The number of nitrogens with zero attached hydrogens (tertiary/aromatic N) is 1. The lowest BCUT2D eigenvalue weighted by atomic mass is 9.96. The van der Waals surface area contributed by atoms with Crippen LogP contribution in [0.3, 0.4) is 0 Å². The van der Waals surface area contributed by atoms with Crippen LogP contribution in [-0.4, -0.2) is 39.3 Å². The lowest BCUT2D eigenvalue weighted by Crippen LogP contribution is -2.52. The second-order valence-corrected chi connectivity index (χ2v) is 7.60. The summed E-state index contributed by atoms with van der Waals surface area (Å²) in [5.41, 5.74) is 2.98. The Kier molecular flexibility index (Phi) is 4.55. The fourth-order valence-corrected chi connectivity index (χ4v) is 3.87. The number of aromatic amines is 1. The molecule has 1 aliphatic heterocycles. The molecule has 8 heteroatoms.